The van der Waals surface area contributed by atoms with Crippen LogP contribution in [0.3, 0.4) is 0 Å². The van der Waals surface area contributed by atoms with Gasteiger partial charge in [0, 0.05) is 35.6 Å². The summed E-state index contributed by atoms with van der Waals surface area (Å²) >= 11 is 0. The van der Waals surface area contributed by atoms with E-state index < -0.39 is 5.97 Å². The first-order valence-electron chi connectivity index (χ1n) is 12.2. The molecule has 0 saturated heterocycles. The fraction of sp³-hybridized carbons (Fsp3) is 0.172. The summed E-state index contributed by atoms with van der Waals surface area (Å²) in [6, 6.07) is 21.9. The second kappa shape index (κ2) is 11.5. The first kappa shape index (κ1) is 25.5. The molecule has 0 bridgehead atoms. The highest BCUT2D eigenvalue weighted by Crippen LogP contribution is 2.29. The molecule has 5 aromatic rings. The molecular formula is C29H24N4O6. The molecule has 0 aliphatic heterocycles. The molecule has 0 aliphatic carbocycles. The summed E-state index contributed by atoms with van der Waals surface area (Å²) in [5, 5.41) is 16.7. The van der Waals surface area contributed by atoms with Crippen LogP contribution in [-0.2, 0) is 14.3 Å². The average molecular weight is 525 g/mol. The lowest BCUT2D eigenvalue weighted by atomic mass is 10.1. The lowest BCUT2D eigenvalue weighted by molar-refractivity contribution is -0.141. The van der Waals surface area contributed by atoms with E-state index in [9.17, 15) is 9.59 Å². The number of nitrogens with zero attached hydrogens (tertiary/aromatic N) is 4. The summed E-state index contributed by atoms with van der Waals surface area (Å²) in [4.78, 5) is 23.2. The van der Waals surface area contributed by atoms with E-state index in [2.05, 4.69) is 20.4 Å². The van der Waals surface area contributed by atoms with Gasteiger partial charge in [-0.15, -0.1) is 20.4 Å². The van der Waals surface area contributed by atoms with Gasteiger partial charge in [-0.2, -0.15) is 0 Å². The number of esters is 2. The zero-order chi connectivity index (χ0) is 27.2. The zero-order valence-corrected chi connectivity index (χ0v) is 21.3. The Labute approximate surface area is 223 Å². The largest absolute Gasteiger partial charge is 0.466 e. The molecule has 0 aliphatic rings. The van der Waals surface area contributed by atoms with Gasteiger partial charge in [-0.3, -0.25) is 4.79 Å². The third kappa shape index (κ3) is 6.24. The van der Waals surface area contributed by atoms with Crippen LogP contribution in [0.4, 0.5) is 0 Å². The van der Waals surface area contributed by atoms with Crippen molar-refractivity contribution in [2.45, 2.75) is 20.3 Å². The SMILES string of the molecule is CC(=O)OCCCOC(=O)c1cccc(-c2nnc(-c3cccc(-c4nnc(-c5cccc(C)c5)o4)c3)o2)c1. The molecule has 5 rings (SSSR count). The predicted octanol–water partition coefficient (Wildman–Crippen LogP) is 5.54. The van der Waals surface area contributed by atoms with Crippen LogP contribution in [0, 0.1) is 6.92 Å². The molecule has 0 saturated carbocycles. The van der Waals surface area contributed by atoms with E-state index in [4.69, 9.17) is 18.3 Å². The van der Waals surface area contributed by atoms with Crippen LogP contribution in [0.5, 0.6) is 0 Å². The molecule has 3 aromatic carbocycles. The summed E-state index contributed by atoms with van der Waals surface area (Å²) in [6.07, 6.45) is 0.411. The molecule has 2 heterocycles. The number of aryl methyl sites for hydroxylation is 1. The molecule has 196 valence electrons. The molecule has 39 heavy (non-hydrogen) atoms. The average Bonchev–Trinajstić information content (AvgIpc) is 3.64. The van der Waals surface area contributed by atoms with Crippen molar-refractivity contribution in [1.29, 1.82) is 0 Å². The zero-order valence-electron chi connectivity index (χ0n) is 21.3. The van der Waals surface area contributed by atoms with Crippen LogP contribution in [-0.4, -0.2) is 45.5 Å². The normalized spacial score (nSPS) is 10.8. The van der Waals surface area contributed by atoms with Crippen molar-refractivity contribution in [1.82, 2.24) is 20.4 Å². The molecule has 10 nitrogen and oxygen atoms in total. The third-order valence-electron chi connectivity index (χ3n) is 5.64. The third-order valence-corrected chi connectivity index (χ3v) is 5.64. The Balaban J connectivity index is 1.29. The van der Waals surface area contributed by atoms with Crippen LogP contribution in [0.2, 0.25) is 0 Å². The Kier molecular flexibility index (Phi) is 7.53. The van der Waals surface area contributed by atoms with E-state index in [0.717, 1.165) is 11.1 Å². The molecule has 0 spiro atoms. The lowest BCUT2D eigenvalue weighted by Gasteiger charge is -2.06. The van der Waals surface area contributed by atoms with Crippen LogP contribution in [0.1, 0.15) is 29.3 Å². The molecule has 2 aromatic heterocycles. The van der Waals surface area contributed by atoms with Gasteiger partial charge >= 0.3 is 11.9 Å². The fourth-order valence-electron chi connectivity index (χ4n) is 3.78. The maximum Gasteiger partial charge on any atom is 0.338 e. The number of aromatic nitrogens is 4. The van der Waals surface area contributed by atoms with Crippen molar-refractivity contribution < 1.29 is 27.9 Å². The molecule has 0 amide bonds. The predicted molar refractivity (Wildman–Crippen MR) is 140 cm³/mol. The van der Waals surface area contributed by atoms with Crippen LogP contribution in [0.15, 0.2) is 81.6 Å². The molecule has 0 radical (unpaired) electrons. The van der Waals surface area contributed by atoms with Gasteiger partial charge in [-0.05, 0) is 55.5 Å². The lowest BCUT2D eigenvalue weighted by Crippen LogP contribution is -2.09. The summed E-state index contributed by atoms with van der Waals surface area (Å²) in [5.74, 6) is 0.468. The smallest absolute Gasteiger partial charge is 0.338 e. The van der Waals surface area contributed by atoms with Crippen molar-refractivity contribution >= 4 is 11.9 Å². The van der Waals surface area contributed by atoms with Crippen molar-refractivity contribution in [2.24, 2.45) is 0 Å². The second-order valence-electron chi connectivity index (χ2n) is 8.69. The highest BCUT2D eigenvalue weighted by atomic mass is 16.5. The van der Waals surface area contributed by atoms with E-state index in [1.165, 1.54) is 6.92 Å². The quantitative estimate of drug-likeness (QED) is 0.179. The van der Waals surface area contributed by atoms with Gasteiger partial charge in [-0.1, -0.05) is 29.8 Å². The number of carbonyl (C=O) groups excluding carboxylic acids is 2. The minimum Gasteiger partial charge on any atom is -0.466 e. The topological polar surface area (TPSA) is 130 Å². The number of ether oxygens (including phenoxy) is 2. The van der Waals surface area contributed by atoms with Crippen LogP contribution >= 0.6 is 0 Å². The fourth-order valence-corrected chi connectivity index (χ4v) is 3.78. The van der Waals surface area contributed by atoms with Crippen molar-refractivity contribution in [3.63, 3.8) is 0 Å². The van der Waals surface area contributed by atoms with E-state index in [0.29, 0.717) is 46.3 Å². The van der Waals surface area contributed by atoms with E-state index in [-0.39, 0.29) is 25.1 Å². The minimum atomic E-state index is -0.503. The maximum absolute atomic E-state index is 12.4. The number of hydrogen-bond acceptors (Lipinski definition) is 10. The number of hydrogen-bond donors (Lipinski definition) is 0. The Bertz CT molecular complexity index is 1620. The van der Waals surface area contributed by atoms with E-state index in [1.54, 1.807) is 24.3 Å². The van der Waals surface area contributed by atoms with Gasteiger partial charge < -0.3 is 18.3 Å². The molecule has 0 unspecified atom stereocenters. The molecule has 0 atom stereocenters. The van der Waals surface area contributed by atoms with Gasteiger partial charge in [0.05, 0.1) is 18.8 Å². The standard InChI is InChI=1S/C29H24N4O6/c1-18-7-3-8-20(15-18)25-30-31-26(38-25)21-9-4-10-22(16-21)27-32-33-28(39-27)23-11-5-12-24(17-23)29(35)37-14-6-13-36-19(2)34/h3-5,7-12,15-17H,6,13-14H2,1-2H3. The second-order valence-corrected chi connectivity index (χ2v) is 8.69. The monoisotopic (exact) mass is 524 g/mol. The van der Waals surface area contributed by atoms with E-state index in [1.807, 2.05) is 55.5 Å². The Morgan fingerprint density at radius 1 is 0.667 bits per heavy atom. The van der Waals surface area contributed by atoms with Crippen LogP contribution < -0.4 is 0 Å². The van der Waals surface area contributed by atoms with Gasteiger partial charge in [0.15, 0.2) is 0 Å². The Morgan fingerprint density at radius 3 is 1.72 bits per heavy atom. The molecule has 0 fully saturated rings. The van der Waals surface area contributed by atoms with Crippen molar-refractivity contribution in [2.75, 3.05) is 13.2 Å². The van der Waals surface area contributed by atoms with Gasteiger partial charge in [0.1, 0.15) is 0 Å². The first-order valence-corrected chi connectivity index (χ1v) is 12.2. The Morgan fingerprint density at radius 2 is 1.15 bits per heavy atom. The highest BCUT2D eigenvalue weighted by molar-refractivity contribution is 5.90. The van der Waals surface area contributed by atoms with Crippen molar-refractivity contribution in [3.8, 4) is 45.8 Å². The molecule has 10 heteroatoms. The summed E-state index contributed by atoms with van der Waals surface area (Å²) in [6.45, 7) is 3.65. The first-order chi connectivity index (χ1) is 19.0. The number of benzene rings is 3. The summed E-state index contributed by atoms with van der Waals surface area (Å²) in [7, 11) is 0. The van der Waals surface area contributed by atoms with Crippen LogP contribution in [0.25, 0.3) is 45.8 Å². The highest BCUT2D eigenvalue weighted by Gasteiger charge is 2.16. The molecule has 0 N–H and O–H groups in total. The number of carbonyl (C=O) groups is 2. The molecular weight excluding hydrogens is 500 g/mol. The van der Waals surface area contributed by atoms with E-state index >= 15 is 0 Å². The van der Waals surface area contributed by atoms with Gasteiger partial charge in [-0.25, -0.2) is 4.79 Å². The van der Waals surface area contributed by atoms with Crippen molar-refractivity contribution in [3.05, 3.63) is 83.9 Å². The summed E-state index contributed by atoms with van der Waals surface area (Å²) in [5.41, 5.74) is 4.23. The maximum atomic E-state index is 12.4. The summed E-state index contributed by atoms with van der Waals surface area (Å²) < 4.78 is 21.9. The Hall–Kier alpha value is -5.12. The van der Waals surface area contributed by atoms with Gasteiger partial charge in [0.2, 0.25) is 23.6 Å². The van der Waals surface area contributed by atoms with Gasteiger partial charge in [0.25, 0.3) is 0 Å². The minimum absolute atomic E-state index is 0.129. The number of rotatable bonds is 9.